The van der Waals surface area contributed by atoms with Crippen LogP contribution in [0.25, 0.3) is 0 Å². The second-order valence-corrected chi connectivity index (χ2v) is 8.02. The van der Waals surface area contributed by atoms with E-state index in [1.54, 1.807) is 17.8 Å². The lowest BCUT2D eigenvalue weighted by Gasteiger charge is -2.14. The number of carbonyl (C=O) groups excluding carboxylic acids is 1. The number of nitrogens with one attached hydrogen (secondary N) is 2. The Bertz CT molecular complexity index is 1080. The fourth-order valence-electron chi connectivity index (χ4n) is 2.43. The summed E-state index contributed by atoms with van der Waals surface area (Å²) in [6.07, 6.45) is 1.62. The van der Waals surface area contributed by atoms with Crippen molar-refractivity contribution in [1.29, 1.82) is 0 Å². The lowest BCUT2D eigenvalue weighted by molar-refractivity contribution is -0.119. The van der Waals surface area contributed by atoms with Crippen molar-refractivity contribution in [3.63, 3.8) is 0 Å². The normalized spacial score (nSPS) is 12.4. The maximum Gasteiger partial charge on any atom is 0.263 e. The van der Waals surface area contributed by atoms with Crippen LogP contribution >= 0.6 is 11.6 Å². The van der Waals surface area contributed by atoms with Crippen LogP contribution in [0.4, 0.5) is 11.5 Å². The number of amides is 1. The van der Waals surface area contributed by atoms with E-state index in [1.807, 2.05) is 13.0 Å². The van der Waals surface area contributed by atoms with Crippen LogP contribution in [-0.2, 0) is 14.8 Å². The smallest absolute Gasteiger partial charge is 0.263 e. The van der Waals surface area contributed by atoms with Gasteiger partial charge in [0, 0.05) is 17.6 Å². The van der Waals surface area contributed by atoms with Gasteiger partial charge in [-0.1, -0.05) is 11.6 Å². The van der Waals surface area contributed by atoms with E-state index in [4.69, 9.17) is 11.6 Å². The topological polar surface area (TPSA) is 119 Å². The van der Waals surface area contributed by atoms with E-state index in [0.29, 0.717) is 5.69 Å². The first kappa shape index (κ1) is 19.8. The van der Waals surface area contributed by atoms with Gasteiger partial charge in [-0.05, 0) is 56.3 Å². The summed E-state index contributed by atoms with van der Waals surface area (Å²) in [4.78, 5) is 12.4. The van der Waals surface area contributed by atoms with E-state index in [1.165, 1.54) is 36.4 Å². The molecule has 1 aromatic carbocycles. The van der Waals surface area contributed by atoms with E-state index < -0.39 is 16.1 Å². The van der Waals surface area contributed by atoms with Gasteiger partial charge in [0.25, 0.3) is 10.0 Å². The molecule has 2 heterocycles. The second kappa shape index (κ2) is 7.95. The van der Waals surface area contributed by atoms with Gasteiger partial charge in [0.15, 0.2) is 11.0 Å². The Morgan fingerprint density at radius 2 is 1.82 bits per heavy atom. The number of sulfonamides is 1. The summed E-state index contributed by atoms with van der Waals surface area (Å²) in [5, 5.41) is 14.3. The molecule has 146 valence electrons. The van der Waals surface area contributed by atoms with E-state index in [9.17, 15) is 13.2 Å². The molecule has 0 aliphatic carbocycles. The van der Waals surface area contributed by atoms with Gasteiger partial charge < -0.3 is 5.32 Å². The lowest BCUT2D eigenvalue weighted by atomic mass is 10.2. The molecule has 0 spiro atoms. The summed E-state index contributed by atoms with van der Waals surface area (Å²) < 4.78 is 28.7. The number of aromatic nitrogens is 4. The summed E-state index contributed by atoms with van der Waals surface area (Å²) in [5.41, 5.74) is 1.33. The number of hydrogen-bond acceptors (Lipinski definition) is 6. The molecule has 0 aliphatic rings. The molecule has 1 atom stereocenters. The van der Waals surface area contributed by atoms with Gasteiger partial charge in [-0.25, -0.2) is 8.42 Å². The molecule has 9 nitrogen and oxygen atoms in total. The van der Waals surface area contributed by atoms with Crippen LogP contribution in [0, 0.1) is 6.92 Å². The predicted molar refractivity (Wildman–Crippen MR) is 105 cm³/mol. The number of hydrogen-bond donors (Lipinski definition) is 2. The number of aryl methyl sites for hydroxylation is 1. The maximum absolute atomic E-state index is 12.4. The van der Waals surface area contributed by atoms with Crippen LogP contribution < -0.4 is 10.0 Å². The molecular weight excluding hydrogens is 404 g/mol. The molecular formula is C17H17ClN6O3S. The van der Waals surface area contributed by atoms with Gasteiger partial charge in [0.2, 0.25) is 5.91 Å². The van der Waals surface area contributed by atoms with Crippen molar-refractivity contribution >= 4 is 39.0 Å². The molecule has 3 rings (SSSR count). The average Bonchev–Trinajstić information content (AvgIpc) is 3.09. The van der Waals surface area contributed by atoms with Crippen LogP contribution in [0.15, 0.2) is 53.6 Å². The number of nitrogens with zero attached hydrogens (tertiary/aromatic N) is 4. The molecule has 11 heteroatoms. The van der Waals surface area contributed by atoms with E-state index in [0.717, 1.165) is 5.69 Å². The van der Waals surface area contributed by atoms with Crippen LogP contribution in [-0.4, -0.2) is 34.3 Å². The molecule has 0 bridgehead atoms. The van der Waals surface area contributed by atoms with Crippen molar-refractivity contribution in [2.75, 3.05) is 10.0 Å². The number of benzene rings is 1. The van der Waals surface area contributed by atoms with Gasteiger partial charge >= 0.3 is 0 Å². The van der Waals surface area contributed by atoms with E-state index in [2.05, 4.69) is 25.3 Å². The van der Waals surface area contributed by atoms with Gasteiger partial charge in [-0.15, -0.1) is 10.2 Å². The van der Waals surface area contributed by atoms with Crippen molar-refractivity contribution in [2.24, 2.45) is 0 Å². The Morgan fingerprint density at radius 3 is 2.39 bits per heavy atom. The summed E-state index contributed by atoms with van der Waals surface area (Å²) in [6, 6.07) is 9.89. The number of rotatable bonds is 6. The minimum atomic E-state index is -3.85. The summed E-state index contributed by atoms with van der Waals surface area (Å²) in [6.45, 7) is 3.58. The molecule has 1 unspecified atom stereocenters. The van der Waals surface area contributed by atoms with Crippen LogP contribution in [0.3, 0.4) is 0 Å². The van der Waals surface area contributed by atoms with E-state index in [-0.39, 0.29) is 21.8 Å². The first-order valence-electron chi connectivity index (χ1n) is 8.19. The lowest BCUT2D eigenvalue weighted by Crippen LogP contribution is -2.25. The largest absolute Gasteiger partial charge is 0.324 e. The summed E-state index contributed by atoms with van der Waals surface area (Å²) in [5.74, 6) is -0.220. The van der Waals surface area contributed by atoms with E-state index >= 15 is 0 Å². The quantitative estimate of drug-likeness (QED) is 0.632. The average molecular weight is 421 g/mol. The molecule has 0 saturated carbocycles. The molecule has 2 N–H and O–H groups in total. The molecule has 0 radical (unpaired) electrons. The highest BCUT2D eigenvalue weighted by Gasteiger charge is 2.18. The Kier molecular flexibility index (Phi) is 5.61. The highest BCUT2D eigenvalue weighted by molar-refractivity contribution is 7.92. The number of carbonyl (C=O) groups is 1. The first-order chi connectivity index (χ1) is 13.3. The van der Waals surface area contributed by atoms with Crippen molar-refractivity contribution in [2.45, 2.75) is 24.8 Å². The van der Waals surface area contributed by atoms with Crippen LogP contribution in [0.2, 0.25) is 5.15 Å². The van der Waals surface area contributed by atoms with Crippen molar-refractivity contribution in [3.05, 3.63) is 59.5 Å². The third kappa shape index (κ3) is 4.46. The first-order valence-corrected chi connectivity index (χ1v) is 10.1. The molecule has 3 aromatic rings. The van der Waals surface area contributed by atoms with Gasteiger partial charge in [-0.2, -0.15) is 5.10 Å². The van der Waals surface area contributed by atoms with Gasteiger partial charge in [0.05, 0.1) is 4.90 Å². The van der Waals surface area contributed by atoms with Crippen molar-refractivity contribution in [1.82, 2.24) is 20.0 Å². The Labute approximate surface area is 166 Å². The van der Waals surface area contributed by atoms with Crippen molar-refractivity contribution in [3.8, 4) is 0 Å². The molecule has 1 amide bonds. The second-order valence-electron chi connectivity index (χ2n) is 5.95. The maximum atomic E-state index is 12.4. The molecule has 0 saturated heterocycles. The number of halogens is 1. The van der Waals surface area contributed by atoms with Gasteiger partial charge in [0.1, 0.15) is 6.04 Å². The molecule has 0 fully saturated rings. The molecule has 2 aromatic heterocycles. The van der Waals surface area contributed by atoms with Crippen LogP contribution in [0.1, 0.15) is 18.7 Å². The molecule has 0 aliphatic heterocycles. The third-order valence-corrected chi connectivity index (χ3v) is 5.49. The minimum Gasteiger partial charge on any atom is -0.324 e. The Balaban J connectivity index is 1.69. The summed E-state index contributed by atoms with van der Waals surface area (Å²) in [7, 11) is -3.85. The number of anilines is 2. The third-order valence-electron chi connectivity index (χ3n) is 3.92. The van der Waals surface area contributed by atoms with Crippen LogP contribution in [0.5, 0.6) is 0 Å². The zero-order valence-electron chi connectivity index (χ0n) is 15.0. The Morgan fingerprint density at radius 1 is 1.11 bits per heavy atom. The monoisotopic (exact) mass is 420 g/mol. The highest BCUT2D eigenvalue weighted by atomic mass is 35.5. The SMILES string of the molecule is Cc1ccnn1C(C)C(=O)Nc1ccc(S(=O)(=O)Nc2ccc(Cl)nn2)cc1. The minimum absolute atomic E-state index is 0.0122. The van der Waals surface area contributed by atoms with Gasteiger partial charge in [-0.3, -0.25) is 14.2 Å². The molecule has 28 heavy (non-hydrogen) atoms. The highest BCUT2D eigenvalue weighted by Crippen LogP contribution is 2.19. The zero-order valence-corrected chi connectivity index (χ0v) is 16.6. The standard InChI is InChI=1S/C17H17ClN6O3S/c1-11-9-10-19-24(11)12(2)17(25)20-13-3-5-14(6-4-13)28(26,27)23-16-8-7-15(18)21-22-16/h3-10,12H,1-2H3,(H,20,25)(H,22,23). The zero-order chi connectivity index (χ0) is 20.3. The fraction of sp³-hybridized carbons (Fsp3) is 0.176. The predicted octanol–water partition coefficient (Wildman–Crippen LogP) is 2.64. The summed E-state index contributed by atoms with van der Waals surface area (Å²) >= 11 is 5.63. The Hall–Kier alpha value is -2.98. The van der Waals surface area contributed by atoms with Crippen molar-refractivity contribution < 1.29 is 13.2 Å². The fourth-order valence-corrected chi connectivity index (χ4v) is 3.53.